The van der Waals surface area contributed by atoms with Gasteiger partial charge in [-0.05, 0) is 25.1 Å². The molecule has 0 aliphatic rings. The number of hydrogen-bond acceptors (Lipinski definition) is 6. The summed E-state index contributed by atoms with van der Waals surface area (Å²) >= 11 is 6.32. The normalized spacial score (nSPS) is 12.2. The monoisotopic (exact) mass is 431 g/mol. The number of rotatable bonds is 6. The molecule has 2 aromatic carbocycles. The summed E-state index contributed by atoms with van der Waals surface area (Å²) in [4.78, 5) is 8.54. The van der Waals surface area contributed by atoms with Crippen LogP contribution in [0.5, 0.6) is 11.8 Å². The highest BCUT2D eigenvalue weighted by atomic mass is 35.5. The molecule has 2 aromatic heterocycles. The van der Waals surface area contributed by atoms with Crippen LogP contribution in [0.15, 0.2) is 42.5 Å². The molecule has 0 unspecified atom stereocenters. The number of aliphatic hydroxyl groups excluding tert-OH is 1. The minimum atomic E-state index is -0.893. The Morgan fingerprint density at radius 2 is 2.00 bits per heavy atom. The molecule has 0 aliphatic heterocycles. The van der Waals surface area contributed by atoms with Crippen LogP contribution in [0.2, 0.25) is 5.02 Å². The van der Waals surface area contributed by atoms with Gasteiger partial charge in [-0.3, -0.25) is 5.10 Å². The molecule has 2 heterocycles. The fourth-order valence-electron chi connectivity index (χ4n) is 2.85. The first-order valence-electron chi connectivity index (χ1n) is 8.97. The van der Waals surface area contributed by atoms with Gasteiger partial charge in [0.2, 0.25) is 0 Å². The van der Waals surface area contributed by atoms with Gasteiger partial charge in [-0.25, -0.2) is 8.78 Å². The number of aliphatic hydroxyl groups is 1. The zero-order valence-corrected chi connectivity index (χ0v) is 16.4. The lowest BCUT2D eigenvalue weighted by Crippen LogP contribution is -2.20. The van der Waals surface area contributed by atoms with Gasteiger partial charge in [-0.2, -0.15) is 15.1 Å². The van der Waals surface area contributed by atoms with Gasteiger partial charge < -0.3 is 15.2 Å². The van der Waals surface area contributed by atoms with E-state index in [1.54, 1.807) is 19.1 Å². The molecule has 1 atom stereocenters. The summed E-state index contributed by atoms with van der Waals surface area (Å²) in [5, 5.41) is 20.6. The van der Waals surface area contributed by atoms with Crippen LogP contribution in [0.4, 0.5) is 14.6 Å². The van der Waals surface area contributed by atoms with Crippen LogP contribution in [0, 0.1) is 11.6 Å². The molecule has 7 nitrogen and oxygen atoms in total. The Hall–Kier alpha value is -3.30. The van der Waals surface area contributed by atoms with E-state index in [9.17, 15) is 13.9 Å². The smallest absolute Gasteiger partial charge is 0.326 e. The molecule has 30 heavy (non-hydrogen) atoms. The maximum absolute atomic E-state index is 14.0. The van der Waals surface area contributed by atoms with Gasteiger partial charge in [0.15, 0.2) is 17.2 Å². The van der Waals surface area contributed by atoms with Gasteiger partial charge in [0.1, 0.15) is 11.6 Å². The average Bonchev–Trinajstić information content (AvgIpc) is 3.14. The number of aromatic nitrogens is 4. The number of nitrogens with zero attached hydrogens (tertiary/aromatic N) is 3. The minimum Gasteiger partial charge on any atom is -0.421 e. The Labute approximate surface area is 174 Å². The molecule has 154 valence electrons. The molecule has 10 heteroatoms. The maximum atomic E-state index is 14.0. The molecular weight excluding hydrogens is 416 g/mol. The van der Waals surface area contributed by atoms with Crippen molar-refractivity contribution in [1.29, 1.82) is 0 Å². The standard InChI is InChI=1S/C20H16ClF2N5O2/c1-10(9-29)24-18-16-17(12-4-2-3-5-13(12)21)27-28-19(16)26-20(25-18)30-15-7-6-11(22)8-14(15)23/h2-8,10,29H,9H2,1H3,(H2,24,25,26,27,28)/t10-/m0/s1. The number of ether oxygens (including phenoxy) is 1. The Bertz CT molecular complexity index is 1220. The Kier molecular flexibility index (Phi) is 5.47. The lowest BCUT2D eigenvalue weighted by atomic mass is 10.1. The largest absolute Gasteiger partial charge is 0.421 e. The third kappa shape index (κ3) is 3.89. The molecule has 0 saturated carbocycles. The number of benzene rings is 2. The number of nitrogens with one attached hydrogen (secondary N) is 2. The van der Waals surface area contributed by atoms with Crippen molar-refractivity contribution in [3.05, 3.63) is 59.1 Å². The number of H-pyrrole nitrogens is 1. The van der Waals surface area contributed by atoms with E-state index < -0.39 is 11.6 Å². The number of hydrogen-bond donors (Lipinski definition) is 3. The Balaban J connectivity index is 1.84. The second-order valence-corrected chi connectivity index (χ2v) is 6.94. The lowest BCUT2D eigenvalue weighted by molar-refractivity contribution is 0.281. The number of halogens is 3. The highest BCUT2D eigenvalue weighted by Crippen LogP contribution is 2.36. The molecule has 0 spiro atoms. The van der Waals surface area contributed by atoms with Gasteiger partial charge in [-0.15, -0.1) is 0 Å². The summed E-state index contributed by atoms with van der Waals surface area (Å²) in [6.07, 6.45) is 0. The van der Waals surface area contributed by atoms with Crippen molar-refractivity contribution in [1.82, 2.24) is 20.2 Å². The number of fused-ring (bicyclic) bond motifs is 1. The van der Waals surface area contributed by atoms with Crippen LogP contribution in [0.25, 0.3) is 22.3 Å². The fourth-order valence-corrected chi connectivity index (χ4v) is 3.08. The van der Waals surface area contributed by atoms with Crippen LogP contribution in [0.3, 0.4) is 0 Å². The van der Waals surface area contributed by atoms with Gasteiger partial charge in [0.25, 0.3) is 0 Å². The molecule has 4 rings (SSSR count). The third-order valence-electron chi connectivity index (χ3n) is 4.29. The van der Waals surface area contributed by atoms with Crippen molar-refractivity contribution in [2.24, 2.45) is 0 Å². The topological polar surface area (TPSA) is 95.9 Å². The summed E-state index contributed by atoms with van der Waals surface area (Å²) in [6, 6.07) is 9.53. The number of anilines is 1. The van der Waals surface area contributed by atoms with Crippen LogP contribution >= 0.6 is 11.6 Å². The molecular formula is C20H16ClF2N5O2. The van der Waals surface area contributed by atoms with E-state index in [2.05, 4.69) is 25.5 Å². The highest BCUT2D eigenvalue weighted by molar-refractivity contribution is 6.33. The first-order valence-corrected chi connectivity index (χ1v) is 9.35. The molecule has 3 N–H and O–H groups in total. The third-order valence-corrected chi connectivity index (χ3v) is 4.62. The first-order chi connectivity index (χ1) is 14.5. The lowest BCUT2D eigenvalue weighted by Gasteiger charge is -2.14. The highest BCUT2D eigenvalue weighted by Gasteiger charge is 2.20. The van der Waals surface area contributed by atoms with E-state index in [4.69, 9.17) is 16.3 Å². The second-order valence-electron chi connectivity index (χ2n) is 6.54. The SMILES string of the molecule is C[C@@H](CO)Nc1nc(Oc2ccc(F)cc2F)nc2n[nH]c(-c3ccccc3Cl)c12. The van der Waals surface area contributed by atoms with Crippen molar-refractivity contribution in [2.45, 2.75) is 13.0 Å². The summed E-state index contributed by atoms with van der Waals surface area (Å²) in [6.45, 7) is 1.59. The molecule has 0 aliphatic carbocycles. The zero-order chi connectivity index (χ0) is 21.3. The Morgan fingerprint density at radius 1 is 1.20 bits per heavy atom. The van der Waals surface area contributed by atoms with Gasteiger partial charge >= 0.3 is 6.01 Å². The van der Waals surface area contributed by atoms with E-state index in [1.807, 2.05) is 12.1 Å². The summed E-state index contributed by atoms with van der Waals surface area (Å²) in [5.74, 6) is -1.55. The van der Waals surface area contributed by atoms with Crippen molar-refractivity contribution < 1.29 is 18.6 Å². The van der Waals surface area contributed by atoms with Gasteiger partial charge in [0, 0.05) is 22.7 Å². The predicted octanol–water partition coefficient (Wildman–Crippen LogP) is 4.54. The van der Waals surface area contributed by atoms with Crippen LogP contribution < -0.4 is 10.1 Å². The summed E-state index contributed by atoms with van der Waals surface area (Å²) < 4.78 is 32.6. The first kappa shape index (κ1) is 20.0. The zero-order valence-electron chi connectivity index (χ0n) is 15.7. The van der Waals surface area contributed by atoms with Crippen LogP contribution in [0.1, 0.15) is 6.92 Å². The number of aromatic amines is 1. The van der Waals surface area contributed by atoms with Gasteiger partial charge in [-0.1, -0.05) is 29.8 Å². The van der Waals surface area contributed by atoms with E-state index in [1.165, 1.54) is 0 Å². The van der Waals surface area contributed by atoms with Crippen molar-refractivity contribution >= 4 is 28.5 Å². The minimum absolute atomic E-state index is 0.159. The van der Waals surface area contributed by atoms with Crippen molar-refractivity contribution in [2.75, 3.05) is 11.9 Å². The van der Waals surface area contributed by atoms with E-state index >= 15 is 0 Å². The maximum Gasteiger partial charge on any atom is 0.326 e. The van der Waals surface area contributed by atoms with Crippen LogP contribution in [-0.2, 0) is 0 Å². The quantitative estimate of drug-likeness (QED) is 0.415. The molecule has 0 saturated heterocycles. The van der Waals surface area contributed by atoms with Crippen molar-refractivity contribution in [3.63, 3.8) is 0 Å². The van der Waals surface area contributed by atoms with E-state index in [0.717, 1.165) is 12.1 Å². The van der Waals surface area contributed by atoms with E-state index in [0.29, 0.717) is 33.6 Å². The molecule has 0 fully saturated rings. The molecule has 0 radical (unpaired) electrons. The summed E-state index contributed by atoms with van der Waals surface area (Å²) in [5.41, 5.74) is 1.50. The fraction of sp³-hybridized carbons (Fsp3) is 0.150. The second kappa shape index (κ2) is 8.21. The molecule has 4 aromatic rings. The predicted molar refractivity (Wildman–Crippen MR) is 109 cm³/mol. The summed E-state index contributed by atoms with van der Waals surface area (Å²) in [7, 11) is 0. The van der Waals surface area contributed by atoms with E-state index in [-0.39, 0.29) is 30.1 Å². The van der Waals surface area contributed by atoms with Crippen molar-refractivity contribution in [3.8, 4) is 23.0 Å². The van der Waals surface area contributed by atoms with Crippen LogP contribution in [-0.4, -0.2) is 37.9 Å². The molecule has 0 bridgehead atoms. The average molecular weight is 432 g/mol. The molecule has 0 amide bonds. The Morgan fingerprint density at radius 3 is 2.73 bits per heavy atom. The van der Waals surface area contributed by atoms with Gasteiger partial charge in [0.05, 0.1) is 17.7 Å².